The third-order valence-corrected chi connectivity index (χ3v) is 4.80. The van der Waals surface area contributed by atoms with E-state index in [0.29, 0.717) is 6.04 Å². The molecule has 1 aliphatic rings. The van der Waals surface area contributed by atoms with Crippen molar-refractivity contribution in [3.63, 3.8) is 0 Å². The van der Waals surface area contributed by atoms with Crippen LogP contribution in [0.1, 0.15) is 45.1 Å². The van der Waals surface area contributed by atoms with Crippen LogP contribution in [0.5, 0.6) is 0 Å². The van der Waals surface area contributed by atoms with Gasteiger partial charge < -0.3 is 10.6 Å². The highest BCUT2D eigenvalue weighted by Gasteiger charge is 2.24. The first-order valence-corrected chi connectivity index (χ1v) is 8.12. The highest BCUT2D eigenvalue weighted by Crippen LogP contribution is 2.35. The van der Waals surface area contributed by atoms with E-state index in [9.17, 15) is 0 Å². The van der Waals surface area contributed by atoms with Crippen molar-refractivity contribution < 1.29 is 0 Å². The molecule has 1 aliphatic carbocycles. The van der Waals surface area contributed by atoms with Crippen molar-refractivity contribution in [1.29, 1.82) is 0 Å². The van der Waals surface area contributed by atoms with Gasteiger partial charge in [0, 0.05) is 19.1 Å². The molecule has 2 nitrogen and oxygen atoms in total. The van der Waals surface area contributed by atoms with Crippen molar-refractivity contribution in [1.82, 2.24) is 0 Å². The van der Waals surface area contributed by atoms with E-state index < -0.39 is 0 Å². The van der Waals surface area contributed by atoms with Gasteiger partial charge in [0.1, 0.15) is 0 Å². The highest BCUT2D eigenvalue weighted by atomic mass is 35.5. The number of nitrogens with zero attached hydrogens (tertiary/aromatic N) is 1. The SMILES string of the molecule is CC(N)Cc1cccc(Cl)c1N(C)C1CCC(C)CC1. The molecule has 1 fully saturated rings. The van der Waals surface area contributed by atoms with E-state index in [1.807, 2.05) is 19.1 Å². The Morgan fingerprint density at radius 3 is 2.55 bits per heavy atom. The van der Waals surface area contributed by atoms with Crippen LogP contribution in [0.25, 0.3) is 0 Å². The molecule has 0 aliphatic heterocycles. The average Bonchev–Trinajstić information content (AvgIpc) is 2.38. The van der Waals surface area contributed by atoms with Crippen LogP contribution in [-0.4, -0.2) is 19.1 Å². The summed E-state index contributed by atoms with van der Waals surface area (Å²) in [6.45, 7) is 4.40. The molecule has 0 spiro atoms. The van der Waals surface area contributed by atoms with Gasteiger partial charge in [-0.15, -0.1) is 0 Å². The first-order chi connectivity index (χ1) is 9.49. The lowest BCUT2D eigenvalue weighted by atomic mass is 9.86. The lowest BCUT2D eigenvalue weighted by Crippen LogP contribution is -2.36. The smallest absolute Gasteiger partial charge is 0.0642 e. The molecule has 2 rings (SSSR count). The number of nitrogens with two attached hydrogens (primary N) is 1. The summed E-state index contributed by atoms with van der Waals surface area (Å²) in [5.74, 6) is 0.870. The second-order valence-corrected chi connectivity index (χ2v) is 6.86. The summed E-state index contributed by atoms with van der Waals surface area (Å²) in [5.41, 5.74) is 8.44. The summed E-state index contributed by atoms with van der Waals surface area (Å²) in [5, 5.41) is 0.851. The minimum atomic E-state index is 0.159. The van der Waals surface area contributed by atoms with Crippen LogP contribution in [0.15, 0.2) is 18.2 Å². The fourth-order valence-corrected chi connectivity index (χ4v) is 3.61. The normalized spacial score (nSPS) is 24.4. The molecule has 0 saturated heterocycles. The van der Waals surface area contributed by atoms with E-state index in [1.165, 1.54) is 36.9 Å². The molecule has 0 heterocycles. The van der Waals surface area contributed by atoms with Crippen molar-refractivity contribution in [2.75, 3.05) is 11.9 Å². The Bertz CT molecular complexity index is 437. The maximum absolute atomic E-state index is 6.47. The van der Waals surface area contributed by atoms with Crippen molar-refractivity contribution in [3.8, 4) is 0 Å². The Hall–Kier alpha value is -0.730. The van der Waals surface area contributed by atoms with Crippen molar-refractivity contribution in [3.05, 3.63) is 28.8 Å². The van der Waals surface area contributed by atoms with Gasteiger partial charge in [0.05, 0.1) is 10.7 Å². The minimum absolute atomic E-state index is 0.159. The maximum Gasteiger partial charge on any atom is 0.0642 e. The number of para-hydroxylation sites is 1. The quantitative estimate of drug-likeness (QED) is 0.900. The Kier molecular flexibility index (Phi) is 5.34. The standard InChI is InChI=1S/C17H27ClN2/c1-12-7-9-15(10-8-12)20(3)17-14(11-13(2)19)5-4-6-16(17)18/h4-6,12-13,15H,7-11,19H2,1-3H3. The average molecular weight is 295 g/mol. The number of hydrogen-bond donors (Lipinski definition) is 1. The van der Waals surface area contributed by atoms with Crippen LogP contribution in [0.4, 0.5) is 5.69 Å². The predicted molar refractivity (Wildman–Crippen MR) is 88.6 cm³/mol. The first-order valence-electron chi connectivity index (χ1n) is 7.74. The van der Waals surface area contributed by atoms with E-state index >= 15 is 0 Å². The largest absolute Gasteiger partial charge is 0.370 e. The lowest BCUT2D eigenvalue weighted by Gasteiger charge is -2.36. The third-order valence-electron chi connectivity index (χ3n) is 4.50. The van der Waals surface area contributed by atoms with Gasteiger partial charge in [0.25, 0.3) is 0 Å². The van der Waals surface area contributed by atoms with Crippen LogP contribution in [-0.2, 0) is 6.42 Å². The van der Waals surface area contributed by atoms with E-state index in [2.05, 4.69) is 24.9 Å². The van der Waals surface area contributed by atoms with Gasteiger partial charge in [0.2, 0.25) is 0 Å². The molecule has 1 aromatic carbocycles. The number of anilines is 1. The van der Waals surface area contributed by atoms with Gasteiger partial charge in [-0.25, -0.2) is 0 Å². The highest BCUT2D eigenvalue weighted by molar-refractivity contribution is 6.33. The van der Waals surface area contributed by atoms with Gasteiger partial charge in [-0.1, -0.05) is 30.7 Å². The summed E-state index contributed by atoms with van der Waals surface area (Å²) in [6.07, 6.45) is 6.05. The molecule has 0 radical (unpaired) electrons. The number of benzene rings is 1. The molecular weight excluding hydrogens is 268 g/mol. The van der Waals surface area contributed by atoms with Crippen LogP contribution in [0.3, 0.4) is 0 Å². The lowest BCUT2D eigenvalue weighted by molar-refractivity contribution is 0.340. The van der Waals surface area contributed by atoms with Crippen LogP contribution in [0, 0.1) is 5.92 Å². The fourth-order valence-electron chi connectivity index (χ4n) is 3.28. The van der Waals surface area contributed by atoms with Crippen LogP contribution in [0.2, 0.25) is 5.02 Å². The number of rotatable bonds is 4. The Morgan fingerprint density at radius 1 is 1.30 bits per heavy atom. The molecule has 2 N–H and O–H groups in total. The number of hydrogen-bond acceptors (Lipinski definition) is 2. The van der Waals surface area contributed by atoms with Crippen molar-refractivity contribution in [2.45, 2.75) is 58.0 Å². The molecule has 3 heteroatoms. The molecule has 0 amide bonds. The molecule has 0 bridgehead atoms. The molecule has 20 heavy (non-hydrogen) atoms. The predicted octanol–water partition coefficient (Wildman–Crippen LogP) is 4.24. The third kappa shape index (κ3) is 3.67. The first kappa shape index (κ1) is 15.7. The molecule has 1 saturated carbocycles. The number of halogens is 1. The minimum Gasteiger partial charge on any atom is -0.370 e. The van der Waals surface area contributed by atoms with Gasteiger partial charge >= 0.3 is 0 Å². The second-order valence-electron chi connectivity index (χ2n) is 6.45. The molecule has 1 unspecified atom stereocenters. The summed E-state index contributed by atoms with van der Waals surface area (Å²) in [4.78, 5) is 2.39. The zero-order valence-corrected chi connectivity index (χ0v) is 13.7. The monoisotopic (exact) mass is 294 g/mol. The van der Waals surface area contributed by atoms with Gasteiger partial charge in [0.15, 0.2) is 0 Å². The van der Waals surface area contributed by atoms with E-state index in [-0.39, 0.29) is 6.04 Å². The summed E-state index contributed by atoms with van der Waals surface area (Å²) in [6, 6.07) is 6.95. The molecule has 112 valence electrons. The molecular formula is C17H27ClN2. The van der Waals surface area contributed by atoms with Crippen LogP contribution >= 0.6 is 11.6 Å². The summed E-state index contributed by atoms with van der Waals surface area (Å²) >= 11 is 6.47. The van der Waals surface area contributed by atoms with E-state index in [0.717, 1.165) is 17.4 Å². The Labute approximate surface area is 128 Å². The van der Waals surface area contributed by atoms with Crippen molar-refractivity contribution in [2.24, 2.45) is 11.7 Å². The van der Waals surface area contributed by atoms with Gasteiger partial charge in [-0.2, -0.15) is 0 Å². The molecule has 1 atom stereocenters. The summed E-state index contributed by atoms with van der Waals surface area (Å²) in [7, 11) is 2.19. The van der Waals surface area contributed by atoms with Gasteiger partial charge in [-0.05, 0) is 56.6 Å². The van der Waals surface area contributed by atoms with E-state index in [1.54, 1.807) is 0 Å². The van der Waals surface area contributed by atoms with Gasteiger partial charge in [-0.3, -0.25) is 0 Å². The molecule has 1 aromatic rings. The zero-order valence-electron chi connectivity index (χ0n) is 12.9. The molecule has 0 aromatic heterocycles. The second kappa shape index (κ2) is 6.82. The summed E-state index contributed by atoms with van der Waals surface area (Å²) < 4.78 is 0. The Morgan fingerprint density at radius 2 is 1.95 bits per heavy atom. The van der Waals surface area contributed by atoms with Crippen molar-refractivity contribution >= 4 is 17.3 Å². The topological polar surface area (TPSA) is 29.3 Å². The fraction of sp³-hybridized carbons (Fsp3) is 0.647. The van der Waals surface area contributed by atoms with Crippen LogP contribution < -0.4 is 10.6 Å². The Balaban J connectivity index is 2.21. The maximum atomic E-state index is 6.47. The zero-order chi connectivity index (χ0) is 14.7. The van der Waals surface area contributed by atoms with E-state index in [4.69, 9.17) is 17.3 Å².